The summed E-state index contributed by atoms with van der Waals surface area (Å²) in [5.74, 6) is 0.672. The lowest BCUT2D eigenvalue weighted by Gasteiger charge is -2.06. The van der Waals surface area contributed by atoms with E-state index in [2.05, 4.69) is 12.2 Å². The van der Waals surface area contributed by atoms with Crippen molar-refractivity contribution in [1.82, 2.24) is 9.88 Å². The van der Waals surface area contributed by atoms with E-state index in [1.54, 1.807) is 12.3 Å². The molecule has 1 saturated carbocycles. The van der Waals surface area contributed by atoms with E-state index in [1.807, 2.05) is 11.5 Å². The molecule has 1 fully saturated rings. The van der Waals surface area contributed by atoms with Gasteiger partial charge in [-0.1, -0.05) is 13.3 Å². The molecule has 2 rings (SSSR count). The predicted octanol–water partition coefficient (Wildman–Crippen LogP) is 1.62. The topological polar surface area (TPSA) is 60.1 Å². The van der Waals surface area contributed by atoms with Crippen LogP contribution < -0.4 is 11.1 Å². The maximum atomic E-state index is 12.0. The minimum atomic E-state index is -0.000463. The zero-order valence-corrected chi connectivity index (χ0v) is 9.86. The van der Waals surface area contributed by atoms with Gasteiger partial charge in [0.25, 0.3) is 5.91 Å². The van der Waals surface area contributed by atoms with Crippen molar-refractivity contribution in [3.05, 3.63) is 18.0 Å². The molecule has 0 bridgehead atoms. The average Bonchev–Trinajstić information content (AvgIpc) is 2.90. The van der Waals surface area contributed by atoms with Gasteiger partial charge in [-0.25, -0.2) is 0 Å². The zero-order valence-electron chi connectivity index (χ0n) is 9.86. The van der Waals surface area contributed by atoms with Gasteiger partial charge in [0.05, 0.1) is 5.69 Å². The minimum Gasteiger partial charge on any atom is -0.397 e. The van der Waals surface area contributed by atoms with Crippen molar-refractivity contribution in [3.63, 3.8) is 0 Å². The van der Waals surface area contributed by atoms with Crippen LogP contribution in [-0.2, 0) is 6.54 Å². The van der Waals surface area contributed by atoms with Gasteiger partial charge in [0.15, 0.2) is 0 Å². The summed E-state index contributed by atoms with van der Waals surface area (Å²) in [5.41, 5.74) is 7.01. The number of nitrogens with two attached hydrogens (primary N) is 1. The molecule has 1 heterocycles. The highest BCUT2D eigenvalue weighted by Gasteiger charge is 2.36. The van der Waals surface area contributed by atoms with Crippen LogP contribution in [0.1, 0.15) is 37.2 Å². The molecule has 1 aliphatic rings. The van der Waals surface area contributed by atoms with Gasteiger partial charge in [0.2, 0.25) is 0 Å². The third-order valence-electron chi connectivity index (χ3n) is 3.25. The molecule has 3 N–H and O–H groups in total. The second-order valence-electron chi connectivity index (χ2n) is 4.43. The maximum Gasteiger partial charge on any atom is 0.268 e. The molecular formula is C12H19N3O. The number of rotatable bonds is 4. The number of amides is 1. The number of aromatic nitrogens is 1. The van der Waals surface area contributed by atoms with Crippen molar-refractivity contribution in [2.75, 3.05) is 5.73 Å². The molecule has 2 atom stereocenters. The zero-order chi connectivity index (χ0) is 11.7. The number of hydrogen-bond acceptors (Lipinski definition) is 2. The largest absolute Gasteiger partial charge is 0.397 e. The Hall–Kier alpha value is -1.45. The van der Waals surface area contributed by atoms with E-state index in [9.17, 15) is 4.79 Å². The number of carbonyl (C=O) groups is 1. The number of carbonyl (C=O) groups excluding carboxylic acids is 1. The van der Waals surface area contributed by atoms with Crippen LogP contribution in [0.25, 0.3) is 0 Å². The summed E-state index contributed by atoms with van der Waals surface area (Å²) in [7, 11) is 0. The van der Waals surface area contributed by atoms with E-state index in [4.69, 9.17) is 5.73 Å². The van der Waals surface area contributed by atoms with Gasteiger partial charge >= 0.3 is 0 Å². The molecule has 0 radical (unpaired) electrons. The molecule has 1 aromatic rings. The van der Waals surface area contributed by atoms with Crippen molar-refractivity contribution in [2.24, 2.45) is 5.92 Å². The number of hydrogen-bond donors (Lipinski definition) is 2. The fourth-order valence-corrected chi connectivity index (χ4v) is 2.10. The number of nitrogen functional groups attached to an aromatic ring is 1. The predicted molar refractivity (Wildman–Crippen MR) is 64.2 cm³/mol. The molecule has 1 aliphatic carbocycles. The summed E-state index contributed by atoms with van der Waals surface area (Å²) < 4.78 is 1.88. The quantitative estimate of drug-likeness (QED) is 0.811. The first-order valence-corrected chi connectivity index (χ1v) is 5.92. The SMILES string of the molecule is CCC1CC1NC(=O)c1cc(N)cn1CC. The van der Waals surface area contributed by atoms with Crippen molar-refractivity contribution < 1.29 is 4.79 Å². The summed E-state index contributed by atoms with van der Waals surface area (Å²) in [6.07, 6.45) is 4.06. The summed E-state index contributed by atoms with van der Waals surface area (Å²) >= 11 is 0. The van der Waals surface area contributed by atoms with E-state index in [-0.39, 0.29) is 5.91 Å². The minimum absolute atomic E-state index is 0.000463. The first-order valence-electron chi connectivity index (χ1n) is 5.92. The second kappa shape index (κ2) is 4.20. The normalized spacial score (nSPS) is 23.1. The van der Waals surface area contributed by atoms with E-state index < -0.39 is 0 Å². The van der Waals surface area contributed by atoms with Crippen molar-refractivity contribution in [2.45, 2.75) is 39.3 Å². The molecule has 0 saturated heterocycles. The van der Waals surface area contributed by atoms with Crippen LogP contribution in [0.5, 0.6) is 0 Å². The van der Waals surface area contributed by atoms with Crippen LogP contribution in [0.15, 0.2) is 12.3 Å². The van der Waals surface area contributed by atoms with Gasteiger partial charge in [0.1, 0.15) is 5.69 Å². The molecule has 1 amide bonds. The number of nitrogens with zero attached hydrogens (tertiary/aromatic N) is 1. The number of anilines is 1. The fraction of sp³-hybridized carbons (Fsp3) is 0.583. The van der Waals surface area contributed by atoms with Crippen molar-refractivity contribution in [3.8, 4) is 0 Å². The average molecular weight is 221 g/mol. The Bertz CT molecular complexity index is 397. The van der Waals surface area contributed by atoms with Gasteiger partial charge < -0.3 is 15.6 Å². The van der Waals surface area contributed by atoms with E-state index in [0.717, 1.165) is 19.4 Å². The molecule has 88 valence electrons. The van der Waals surface area contributed by atoms with E-state index in [0.29, 0.717) is 23.3 Å². The van der Waals surface area contributed by atoms with Crippen LogP contribution in [-0.4, -0.2) is 16.5 Å². The highest BCUT2D eigenvalue weighted by molar-refractivity contribution is 5.94. The second-order valence-corrected chi connectivity index (χ2v) is 4.43. The van der Waals surface area contributed by atoms with Gasteiger partial charge in [0, 0.05) is 18.8 Å². The molecule has 4 heteroatoms. The lowest BCUT2D eigenvalue weighted by atomic mass is 10.3. The Labute approximate surface area is 95.8 Å². The monoisotopic (exact) mass is 221 g/mol. The summed E-state index contributed by atoms with van der Waals surface area (Å²) in [6, 6.07) is 2.11. The van der Waals surface area contributed by atoms with Crippen molar-refractivity contribution in [1.29, 1.82) is 0 Å². The molecule has 1 aromatic heterocycles. The highest BCUT2D eigenvalue weighted by atomic mass is 16.2. The first kappa shape index (κ1) is 11.0. The lowest BCUT2D eigenvalue weighted by molar-refractivity contribution is 0.0940. The molecule has 16 heavy (non-hydrogen) atoms. The van der Waals surface area contributed by atoms with Gasteiger partial charge in [-0.15, -0.1) is 0 Å². The van der Waals surface area contributed by atoms with Gasteiger partial charge in [-0.2, -0.15) is 0 Å². The number of aryl methyl sites for hydroxylation is 1. The molecule has 4 nitrogen and oxygen atoms in total. The Morgan fingerprint density at radius 3 is 2.94 bits per heavy atom. The smallest absolute Gasteiger partial charge is 0.268 e. The maximum absolute atomic E-state index is 12.0. The third kappa shape index (κ3) is 2.05. The van der Waals surface area contributed by atoms with Crippen LogP contribution >= 0.6 is 0 Å². The highest BCUT2D eigenvalue weighted by Crippen LogP contribution is 2.33. The lowest BCUT2D eigenvalue weighted by Crippen LogP contribution is -2.28. The van der Waals surface area contributed by atoms with Crippen LogP contribution in [0, 0.1) is 5.92 Å². The molecule has 2 unspecified atom stereocenters. The Kier molecular flexibility index (Phi) is 2.90. The summed E-state index contributed by atoms with van der Waals surface area (Å²) in [5, 5.41) is 3.04. The Morgan fingerprint density at radius 1 is 1.62 bits per heavy atom. The molecular weight excluding hydrogens is 202 g/mol. The fourth-order valence-electron chi connectivity index (χ4n) is 2.10. The summed E-state index contributed by atoms with van der Waals surface area (Å²) in [4.78, 5) is 12.0. The Balaban J connectivity index is 2.03. The summed E-state index contributed by atoms with van der Waals surface area (Å²) in [6.45, 7) is 4.92. The van der Waals surface area contributed by atoms with Crippen molar-refractivity contribution >= 4 is 11.6 Å². The van der Waals surface area contributed by atoms with Gasteiger partial charge in [-0.05, 0) is 25.3 Å². The molecule has 0 aromatic carbocycles. The number of nitrogens with one attached hydrogen (secondary N) is 1. The van der Waals surface area contributed by atoms with E-state index >= 15 is 0 Å². The third-order valence-corrected chi connectivity index (χ3v) is 3.25. The van der Waals surface area contributed by atoms with Crippen LogP contribution in [0.4, 0.5) is 5.69 Å². The van der Waals surface area contributed by atoms with Gasteiger partial charge in [-0.3, -0.25) is 4.79 Å². The first-order chi connectivity index (χ1) is 7.65. The van der Waals surface area contributed by atoms with E-state index in [1.165, 1.54) is 0 Å². The van der Waals surface area contributed by atoms with Crippen LogP contribution in [0.2, 0.25) is 0 Å². The standard InChI is InChI=1S/C12H19N3O/c1-3-8-5-10(8)14-12(16)11-6-9(13)7-15(11)4-2/h6-8,10H,3-5,13H2,1-2H3,(H,14,16). The molecule has 0 aliphatic heterocycles. The Morgan fingerprint density at radius 2 is 2.38 bits per heavy atom. The molecule has 0 spiro atoms. The van der Waals surface area contributed by atoms with Crippen LogP contribution in [0.3, 0.4) is 0 Å².